The molecule has 0 aromatic heterocycles. The number of carbonyl (C=O) groups is 1. The first-order chi connectivity index (χ1) is 16.5. The monoisotopic (exact) mass is 459 g/mol. The molecule has 34 heavy (non-hydrogen) atoms. The minimum Gasteiger partial charge on any atom is -0.497 e. The van der Waals surface area contributed by atoms with Crippen LogP contribution >= 0.6 is 0 Å². The molecule has 176 valence electrons. The zero-order valence-corrected chi connectivity index (χ0v) is 19.3. The fourth-order valence-electron chi connectivity index (χ4n) is 4.26. The summed E-state index contributed by atoms with van der Waals surface area (Å²) in [5, 5.41) is 14.5. The van der Waals surface area contributed by atoms with E-state index in [9.17, 15) is 14.9 Å². The number of carbonyl (C=O) groups excluding carboxylic acids is 1. The van der Waals surface area contributed by atoms with Gasteiger partial charge in [0.1, 0.15) is 11.3 Å². The van der Waals surface area contributed by atoms with Crippen molar-refractivity contribution in [3.05, 3.63) is 93.5 Å². The van der Waals surface area contributed by atoms with Gasteiger partial charge >= 0.3 is 0 Å². The van der Waals surface area contributed by atoms with Crippen LogP contribution in [0.15, 0.2) is 66.7 Å². The summed E-state index contributed by atoms with van der Waals surface area (Å²) in [6, 6.07) is 20.4. The number of nitrogens with zero attached hydrogens (tertiary/aromatic N) is 2. The second-order valence-electron chi connectivity index (χ2n) is 8.52. The average Bonchev–Trinajstić information content (AvgIpc) is 3.38. The zero-order valence-electron chi connectivity index (χ0n) is 19.3. The number of hydrogen-bond donors (Lipinski definition) is 1. The zero-order chi connectivity index (χ0) is 23.9. The number of nitro benzene ring substituents is 1. The number of rotatable bonds is 9. The maximum atomic E-state index is 12.7. The molecule has 4 rings (SSSR count). The van der Waals surface area contributed by atoms with Crippen molar-refractivity contribution in [3.63, 3.8) is 0 Å². The van der Waals surface area contributed by atoms with E-state index in [0.29, 0.717) is 24.3 Å². The van der Waals surface area contributed by atoms with Crippen molar-refractivity contribution >= 4 is 11.6 Å². The minimum atomic E-state index is -0.513. The normalized spacial score (nSPS) is 13.6. The van der Waals surface area contributed by atoms with Gasteiger partial charge < -0.3 is 10.1 Å². The number of amides is 1. The Morgan fingerprint density at radius 2 is 1.62 bits per heavy atom. The molecule has 1 saturated heterocycles. The van der Waals surface area contributed by atoms with Crippen LogP contribution in [-0.4, -0.2) is 42.5 Å². The van der Waals surface area contributed by atoms with Crippen LogP contribution in [0.4, 0.5) is 5.69 Å². The Morgan fingerprint density at radius 1 is 0.971 bits per heavy atom. The van der Waals surface area contributed by atoms with Gasteiger partial charge in [-0.1, -0.05) is 42.5 Å². The van der Waals surface area contributed by atoms with Crippen LogP contribution in [0.1, 0.15) is 34.3 Å². The predicted molar refractivity (Wildman–Crippen MR) is 132 cm³/mol. The van der Waals surface area contributed by atoms with Crippen molar-refractivity contribution in [1.82, 2.24) is 10.2 Å². The fraction of sp³-hybridized carbons (Fsp3) is 0.296. The van der Waals surface area contributed by atoms with Gasteiger partial charge in [0, 0.05) is 19.2 Å². The topological polar surface area (TPSA) is 84.7 Å². The van der Waals surface area contributed by atoms with Crippen LogP contribution in [-0.2, 0) is 13.0 Å². The van der Waals surface area contributed by atoms with Gasteiger partial charge in [-0.05, 0) is 72.8 Å². The summed E-state index contributed by atoms with van der Waals surface area (Å²) in [4.78, 5) is 26.3. The molecule has 0 atom stereocenters. The van der Waals surface area contributed by atoms with Crippen LogP contribution in [0.25, 0.3) is 11.1 Å². The van der Waals surface area contributed by atoms with Crippen LogP contribution < -0.4 is 10.1 Å². The Bertz CT molecular complexity index is 1140. The van der Waals surface area contributed by atoms with Crippen molar-refractivity contribution in [2.45, 2.75) is 25.8 Å². The third kappa shape index (κ3) is 5.80. The molecule has 1 fully saturated rings. The molecule has 1 N–H and O–H groups in total. The third-order valence-electron chi connectivity index (χ3n) is 6.19. The number of nitrogens with one attached hydrogen (secondary N) is 1. The van der Waals surface area contributed by atoms with Crippen molar-refractivity contribution in [2.24, 2.45) is 0 Å². The van der Waals surface area contributed by atoms with E-state index in [1.54, 1.807) is 25.3 Å². The summed E-state index contributed by atoms with van der Waals surface area (Å²) in [5.41, 5.74) is 3.74. The number of likely N-dealkylation sites (tertiary alicyclic amines) is 1. The second-order valence-corrected chi connectivity index (χ2v) is 8.52. The van der Waals surface area contributed by atoms with Gasteiger partial charge in [0.2, 0.25) is 0 Å². The van der Waals surface area contributed by atoms with Crippen LogP contribution in [0.3, 0.4) is 0 Å². The lowest BCUT2D eigenvalue weighted by Gasteiger charge is -2.14. The van der Waals surface area contributed by atoms with Gasteiger partial charge in [-0.2, -0.15) is 0 Å². The summed E-state index contributed by atoms with van der Waals surface area (Å²) in [7, 11) is 1.58. The first-order valence-electron chi connectivity index (χ1n) is 11.5. The Balaban J connectivity index is 1.36. The van der Waals surface area contributed by atoms with E-state index in [4.69, 9.17) is 4.74 Å². The van der Waals surface area contributed by atoms with Crippen molar-refractivity contribution in [1.29, 1.82) is 0 Å². The Hall–Kier alpha value is -3.71. The van der Waals surface area contributed by atoms with Crippen LogP contribution in [0.2, 0.25) is 0 Å². The Kier molecular flexibility index (Phi) is 7.54. The predicted octanol–water partition coefficient (Wildman–Crippen LogP) is 4.84. The third-order valence-corrected chi connectivity index (χ3v) is 6.19. The van der Waals surface area contributed by atoms with Crippen LogP contribution in [0.5, 0.6) is 5.75 Å². The lowest BCUT2D eigenvalue weighted by molar-refractivity contribution is -0.385. The molecular weight excluding hydrogens is 430 g/mol. The first kappa shape index (κ1) is 23.4. The highest BCUT2D eigenvalue weighted by Gasteiger charge is 2.21. The van der Waals surface area contributed by atoms with E-state index in [1.165, 1.54) is 43.6 Å². The molecule has 0 unspecified atom stereocenters. The van der Waals surface area contributed by atoms with Crippen molar-refractivity contribution in [3.8, 4) is 16.9 Å². The Morgan fingerprint density at radius 3 is 2.26 bits per heavy atom. The minimum absolute atomic E-state index is 0.0585. The van der Waals surface area contributed by atoms with Gasteiger partial charge in [-0.15, -0.1) is 0 Å². The Labute approximate surface area is 199 Å². The lowest BCUT2D eigenvalue weighted by Crippen LogP contribution is -2.26. The molecular formula is C27H29N3O4. The van der Waals surface area contributed by atoms with Gasteiger partial charge in [0.25, 0.3) is 11.6 Å². The molecule has 0 bridgehead atoms. The van der Waals surface area contributed by atoms with E-state index < -0.39 is 10.8 Å². The van der Waals surface area contributed by atoms with E-state index in [1.807, 2.05) is 12.1 Å². The molecule has 0 radical (unpaired) electrons. The van der Waals surface area contributed by atoms with E-state index in [0.717, 1.165) is 17.7 Å². The summed E-state index contributed by atoms with van der Waals surface area (Å²) < 4.78 is 5.16. The number of hydrogen-bond acceptors (Lipinski definition) is 5. The molecule has 7 heteroatoms. The lowest BCUT2D eigenvalue weighted by atomic mass is 10.0. The molecule has 0 saturated carbocycles. The largest absolute Gasteiger partial charge is 0.497 e. The SMILES string of the molecule is COc1ccc(-c2ccc(C(=O)NCCc3ccc(CN4CCCC4)cc3)c([N+](=O)[O-])c2)cc1. The van der Waals surface area contributed by atoms with Crippen molar-refractivity contribution in [2.75, 3.05) is 26.7 Å². The highest BCUT2D eigenvalue weighted by molar-refractivity contribution is 5.99. The van der Waals surface area contributed by atoms with Gasteiger partial charge in [0.05, 0.1) is 12.0 Å². The van der Waals surface area contributed by atoms with Gasteiger partial charge in [-0.3, -0.25) is 19.8 Å². The quantitative estimate of drug-likeness (QED) is 0.366. The number of nitro groups is 1. The smallest absolute Gasteiger partial charge is 0.282 e. The molecule has 1 heterocycles. The van der Waals surface area contributed by atoms with Crippen LogP contribution in [0, 0.1) is 10.1 Å². The number of methoxy groups -OCH3 is 1. The highest BCUT2D eigenvalue weighted by atomic mass is 16.6. The van der Waals surface area contributed by atoms with Gasteiger partial charge in [0.15, 0.2) is 0 Å². The molecule has 1 aliphatic heterocycles. The summed E-state index contributed by atoms with van der Waals surface area (Å²) in [5.74, 6) is 0.258. The summed E-state index contributed by atoms with van der Waals surface area (Å²) in [6.07, 6.45) is 3.22. The molecule has 0 spiro atoms. The molecule has 3 aromatic carbocycles. The molecule has 0 aliphatic carbocycles. The van der Waals surface area contributed by atoms with E-state index in [2.05, 4.69) is 34.5 Å². The summed E-state index contributed by atoms with van der Waals surface area (Å²) in [6.45, 7) is 3.72. The standard InChI is InChI=1S/C27H29N3O4/c1-34-24-11-8-22(9-12-24)23-10-13-25(26(18-23)30(32)33)27(31)28-15-14-20-4-6-21(7-5-20)19-29-16-2-3-17-29/h4-13,18H,2-3,14-17,19H2,1H3,(H,28,31). The second kappa shape index (κ2) is 10.9. The maximum absolute atomic E-state index is 12.7. The summed E-state index contributed by atoms with van der Waals surface area (Å²) >= 11 is 0. The van der Waals surface area contributed by atoms with E-state index >= 15 is 0 Å². The fourth-order valence-corrected chi connectivity index (χ4v) is 4.26. The maximum Gasteiger partial charge on any atom is 0.282 e. The first-order valence-corrected chi connectivity index (χ1v) is 11.5. The molecule has 3 aromatic rings. The van der Waals surface area contributed by atoms with Crippen molar-refractivity contribution < 1.29 is 14.5 Å². The number of ether oxygens (including phenoxy) is 1. The molecule has 7 nitrogen and oxygen atoms in total. The van der Waals surface area contributed by atoms with Gasteiger partial charge in [-0.25, -0.2) is 0 Å². The van der Waals surface area contributed by atoms with E-state index in [-0.39, 0.29) is 11.3 Å². The highest BCUT2D eigenvalue weighted by Crippen LogP contribution is 2.28. The molecule has 1 amide bonds. The number of benzene rings is 3. The average molecular weight is 460 g/mol. The molecule has 1 aliphatic rings.